The zero-order valence-electron chi connectivity index (χ0n) is 9.79. The largest absolute Gasteiger partial charge is 0.322 e. The van der Waals surface area contributed by atoms with E-state index in [0.29, 0.717) is 5.92 Å². The second kappa shape index (κ2) is 4.22. The van der Waals surface area contributed by atoms with Crippen LogP contribution in [-0.2, 0) is 6.42 Å². The molecule has 0 saturated heterocycles. The van der Waals surface area contributed by atoms with Crippen molar-refractivity contribution in [1.82, 2.24) is 4.98 Å². The fraction of sp³-hybridized carbons (Fsp3) is 0.750. The molecule has 2 nitrogen and oxygen atoms in total. The van der Waals surface area contributed by atoms with Crippen molar-refractivity contribution in [2.24, 2.45) is 11.7 Å². The number of aromatic nitrogens is 1. The van der Waals surface area contributed by atoms with Crippen LogP contribution in [0.3, 0.4) is 0 Å². The molecule has 15 heavy (non-hydrogen) atoms. The van der Waals surface area contributed by atoms with Crippen LogP contribution in [0.15, 0.2) is 0 Å². The Morgan fingerprint density at radius 3 is 2.93 bits per heavy atom. The molecule has 1 aromatic heterocycles. The molecule has 0 fully saturated rings. The summed E-state index contributed by atoms with van der Waals surface area (Å²) in [7, 11) is 0. The molecule has 3 atom stereocenters. The first kappa shape index (κ1) is 11.1. The Balaban J connectivity index is 2.30. The molecule has 3 unspecified atom stereocenters. The SMILES string of the molecule is CCC(N)c1nc2c(s1)C(C)CC(C)C2. The van der Waals surface area contributed by atoms with Crippen molar-refractivity contribution in [2.45, 2.75) is 52.0 Å². The van der Waals surface area contributed by atoms with Crippen LogP contribution < -0.4 is 5.73 Å². The Morgan fingerprint density at radius 2 is 2.27 bits per heavy atom. The molecule has 0 saturated carbocycles. The van der Waals surface area contributed by atoms with Gasteiger partial charge in [0.2, 0.25) is 0 Å². The first-order valence-corrected chi connectivity index (χ1v) is 6.68. The summed E-state index contributed by atoms with van der Waals surface area (Å²) in [4.78, 5) is 6.21. The van der Waals surface area contributed by atoms with Gasteiger partial charge in [0.15, 0.2) is 0 Å². The topological polar surface area (TPSA) is 38.9 Å². The van der Waals surface area contributed by atoms with Crippen molar-refractivity contribution in [3.8, 4) is 0 Å². The van der Waals surface area contributed by atoms with Gasteiger partial charge in [-0.15, -0.1) is 11.3 Å². The second-order valence-electron chi connectivity index (χ2n) is 4.82. The van der Waals surface area contributed by atoms with Crippen LogP contribution in [-0.4, -0.2) is 4.98 Å². The van der Waals surface area contributed by atoms with Gasteiger partial charge in [-0.3, -0.25) is 0 Å². The summed E-state index contributed by atoms with van der Waals surface area (Å²) in [6, 6.07) is 0.142. The van der Waals surface area contributed by atoms with E-state index in [-0.39, 0.29) is 6.04 Å². The molecule has 0 aromatic carbocycles. The van der Waals surface area contributed by atoms with Crippen LogP contribution in [0.2, 0.25) is 0 Å². The van der Waals surface area contributed by atoms with Crippen molar-refractivity contribution in [2.75, 3.05) is 0 Å². The minimum Gasteiger partial charge on any atom is -0.322 e. The number of nitrogens with two attached hydrogens (primary N) is 1. The van der Waals surface area contributed by atoms with E-state index < -0.39 is 0 Å². The van der Waals surface area contributed by atoms with Crippen molar-refractivity contribution < 1.29 is 0 Å². The standard InChI is InChI=1S/C12H20N2S/c1-4-9(13)12-14-10-6-7(2)5-8(3)11(10)15-12/h7-9H,4-6,13H2,1-3H3. The monoisotopic (exact) mass is 224 g/mol. The zero-order chi connectivity index (χ0) is 11.0. The van der Waals surface area contributed by atoms with E-state index >= 15 is 0 Å². The highest BCUT2D eigenvalue weighted by Gasteiger charge is 2.26. The number of thiazole rings is 1. The van der Waals surface area contributed by atoms with Gasteiger partial charge in [-0.25, -0.2) is 4.98 Å². The summed E-state index contributed by atoms with van der Waals surface area (Å²) in [5.74, 6) is 1.46. The van der Waals surface area contributed by atoms with E-state index in [1.807, 2.05) is 11.3 Å². The molecular formula is C12H20N2S. The molecule has 1 heterocycles. The van der Waals surface area contributed by atoms with Crippen LogP contribution in [0.1, 0.15) is 61.2 Å². The van der Waals surface area contributed by atoms with Gasteiger partial charge >= 0.3 is 0 Å². The van der Waals surface area contributed by atoms with Gasteiger partial charge in [0, 0.05) is 4.88 Å². The van der Waals surface area contributed by atoms with Crippen molar-refractivity contribution >= 4 is 11.3 Å². The quantitative estimate of drug-likeness (QED) is 0.837. The van der Waals surface area contributed by atoms with E-state index in [4.69, 9.17) is 10.7 Å². The molecule has 1 aliphatic rings. The first-order chi connectivity index (χ1) is 7.11. The van der Waals surface area contributed by atoms with Gasteiger partial charge in [0.05, 0.1) is 11.7 Å². The number of nitrogens with zero attached hydrogens (tertiary/aromatic N) is 1. The maximum absolute atomic E-state index is 6.03. The molecule has 3 heteroatoms. The predicted octanol–water partition coefficient (Wildman–Crippen LogP) is 3.24. The molecule has 2 rings (SSSR count). The van der Waals surface area contributed by atoms with Crippen molar-refractivity contribution in [1.29, 1.82) is 0 Å². The lowest BCUT2D eigenvalue weighted by molar-refractivity contribution is 0.449. The van der Waals surface area contributed by atoms with Gasteiger partial charge in [0.1, 0.15) is 5.01 Å². The summed E-state index contributed by atoms with van der Waals surface area (Å²) >= 11 is 1.84. The molecule has 84 valence electrons. The van der Waals surface area contributed by atoms with Gasteiger partial charge in [-0.1, -0.05) is 20.8 Å². The van der Waals surface area contributed by atoms with Gasteiger partial charge in [0.25, 0.3) is 0 Å². The third-order valence-electron chi connectivity index (χ3n) is 3.25. The number of hydrogen-bond acceptors (Lipinski definition) is 3. The van der Waals surface area contributed by atoms with Crippen LogP contribution in [0.4, 0.5) is 0 Å². The summed E-state index contributed by atoms with van der Waals surface area (Å²) in [6.45, 7) is 6.75. The van der Waals surface area contributed by atoms with E-state index in [0.717, 1.165) is 23.8 Å². The Hall–Kier alpha value is -0.410. The van der Waals surface area contributed by atoms with Crippen molar-refractivity contribution in [3.63, 3.8) is 0 Å². The van der Waals surface area contributed by atoms with Crippen LogP contribution in [0.25, 0.3) is 0 Å². The van der Waals surface area contributed by atoms with Gasteiger partial charge in [-0.2, -0.15) is 0 Å². The Labute approximate surface area is 95.9 Å². The maximum atomic E-state index is 6.03. The molecule has 0 spiro atoms. The highest BCUT2D eigenvalue weighted by atomic mass is 32.1. The molecular weight excluding hydrogens is 204 g/mol. The Bertz CT molecular complexity index is 345. The zero-order valence-corrected chi connectivity index (χ0v) is 10.6. The van der Waals surface area contributed by atoms with E-state index in [1.54, 1.807) is 0 Å². The summed E-state index contributed by atoms with van der Waals surface area (Å²) in [6.07, 6.45) is 3.43. The second-order valence-corrected chi connectivity index (χ2v) is 5.89. The number of hydrogen-bond donors (Lipinski definition) is 1. The molecule has 0 aliphatic heterocycles. The Kier molecular flexibility index (Phi) is 3.12. The van der Waals surface area contributed by atoms with Gasteiger partial charge in [-0.05, 0) is 31.1 Å². The average Bonchev–Trinajstić information content (AvgIpc) is 2.60. The smallest absolute Gasteiger partial charge is 0.110 e. The summed E-state index contributed by atoms with van der Waals surface area (Å²) in [5.41, 5.74) is 7.36. The minimum absolute atomic E-state index is 0.142. The van der Waals surface area contributed by atoms with E-state index in [9.17, 15) is 0 Å². The average molecular weight is 224 g/mol. The predicted molar refractivity (Wildman–Crippen MR) is 65.2 cm³/mol. The number of rotatable bonds is 2. The van der Waals surface area contributed by atoms with Crippen LogP contribution >= 0.6 is 11.3 Å². The maximum Gasteiger partial charge on any atom is 0.110 e. The third kappa shape index (κ3) is 2.08. The molecule has 0 amide bonds. The summed E-state index contributed by atoms with van der Waals surface area (Å²) < 4.78 is 0. The molecule has 0 bridgehead atoms. The van der Waals surface area contributed by atoms with Gasteiger partial charge < -0.3 is 5.73 Å². The lowest BCUT2D eigenvalue weighted by Crippen LogP contribution is -2.13. The molecule has 0 radical (unpaired) electrons. The normalized spacial score (nSPS) is 27.5. The minimum atomic E-state index is 0.142. The molecule has 1 aliphatic carbocycles. The highest BCUT2D eigenvalue weighted by molar-refractivity contribution is 7.12. The molecule has 1 aromatic rings. The summed E-state index contributed by atoms with van der Waals surface area (Å²) in [5, 5.41) is 1.14. The first-order valence-electron chi connectivity index (χ1n) is 5.86. The fourth-order valence-electron chi connectivity index (χ4n) is 2.37. The fourth-order valence-corrected chi connectivity index (χ4v) is 3.61. The van der Waals surface area contributed by atoms with Crippen LogP contribution in [0.5, 0.6) is 0 Å². The third-order valence-corrected chi connectivity index (χ3v) is 4.71. The van der Waals surface area contributed by atoms with E-state index in [2.05, 4.69) is 20.8 Å². The highest BCUT2D eigenvalue weighted by Crippen LogP contribution is 2.39. The lowest BCUT2D eigenvalue weighted by atomic mass is 9.86. The van der Waals surface area contributed by atoms with Crippen LogP contribution in [0, 0.1) is 5.92 Å². The number of fused-ring (bicyclic) bond motifs is 1. The molecule has 2 N–H and O–H groups in total. The van der Waals surface area contributed by atoms with Crippen molar-refractivity contribution in [3.05, 3.63) is 15.6 Å². The Morgan fingerprint density at radius 1 is 1.53 bits per heavy atom. The van der Waals surface area contributed by atoms with E-state index in [1.165, 1.54) is 17.0 Å². The lowest BCUT2D eigenvalue weighted by Gasteiger charge is -2.22.